The Hall–Kier alpha value is -1.26. The van der Waals surface area contributed by atoms with Gasteiger partial charge in [0.25, 0.3) is 0 Å². The minimum Gasteiger partial charge on any atom is -0.389 e. The highest BCUT2D eigenvalue weighted by molar-refractivity contribution is 7.91. The van der Waals surface area contributed by atoms with Gasteiger partial charge in [0, 0.05) is 24.1 Å². The van der Waals surface area contributed by atoms with Gasteiger partial charge in [-0.25, -0.2) is 8.42 Å². The molecule has 0 saturated carbocycles. The summed E-state index contributed by atoms with van der Waals surface area (Å²) in [6, 6.07) is 7.06. The number of aryl methyl sites for hydroxylation is 1. The summed E-state index contributed by atoms with van der Waals surface area (Å²) < 4.78 is 51.0. The Morgan fingerprint density at radius 1 is 1.02 bits per heavy atom. The molecule has 4 rings (SSSR count). The fourth-order valence-electron chi connectivity index (χ4n) is 7.56. The van der Waals surface area contributed by atoms with Gasteiger partial charge in [0.15, 0.2) is 16.1 Å². The molecule has 9 heteroatoms. The Labute approximate surface area is 295 Å². The molecule has 0 bridgehead atoms. The van der Waals surface area contributed by atoms with Crippen molar-refractivity contribution in [1.82, 2.24) is 0 Å². The molecule has 3 aliphatic rings. The molecule has 10 atom stereocenters. The second kappa shape index (κ2) is 18.3. The van der Waals surface area contributed by atoms with Gasteiger partial charge >= 0.3 is 0 Å². The molecule has 1 aromatic rings. The number of hydrogen-bond acceptors (Lipinski definition) is 7. The van der Waals surface area contributed by atoms with E-state index in [0.717, 1.165) is 68.1 Å². The predicted molar refractivity (Wildman–Crippen MR) is 193 cm³/mol. The largest absolute Gasteiger partial charge is 0.389 e. The Balaban J connectivity index is 1.26. The van der Waals surface area contributed by atoms with E-state index < -0.39 is 15.9 Å². The molecule has 48 heavy (non-hydrogen) atoms. The van der Waals surface area contributed by atoms with Crippen LogP contribution in [0.1, 0.15) is 97.5 Å². The Bertz CT molecular complexity index is 1280. The normalized spacial score (nSPS) is 29.3. The maximum absolute atomic E-state index is 13.5. The summed E-state index contributed by atoms with van der Waals surface area (Å²) in [5, 5.41) is 11.3. The minimum atomic E-state index is -3.52. The summed E-state index contributed by atoms with van der Waals surface area (Å²) in [7, 11) is -3.52. The number of halogens is 1. The molecule has 1 aromatic carbocycles. The molecule has 0 amide bonds. The summed E-state index contributed by atoms with van der Waals surface area (Å²) in [6.07, 6.45) is 6.91. The van der Waals surface area contributed by atoms with Crippen LogP contribution in [0.3, 0.4) is 0 Å². The number of rotatable bonds is 19. The summed E-state index contributed by atoms with van der Waals surface area (Å²) >= 11 is 6.82. The van der Waals surface area contributed by atoms with E-state index in [1.807, 2.05) is 19.1 Å². The molecule has 0 unspecified atom stereocenters. The quantitative estimate of drug-likeness (QED) is 0.114. The van der Waals surface area contributed by atoms with Gasteiger partial charge in [-0.2, -0.15) is 0 Å². The van der Waals surface area contributed by atoms with Crippen molar-refractivity contribution in [3.05, 3.63) is 54.1 Å². The van der Waals surface area contributed by atoms with Crippen LogP contribution in [0.25, 0.3) is 0 Å². The topological polar surface area (TPSA) is 91.3 Å². The van der Waals surface area contributed by atoms with Crippen LogP contribution in [0.2, 0.25) is 0 Å². The molecule has 3 aliphatic heterocycles. The number of aliphatic hydroxyl groups is 1. The first kappa shape index (κ1) is 39.5. The molecule has 0 aromatic heterocycles. The lowest BCUT2D eigenvalue weighted by Crippen LogP contribution is -2.31. The summed E-state index contributed by atoms with van der Waals surface area (Å²) in [6.45, 7) is 20.4. The predicted octanol–water partition coefficient (Wildman–Crippen LogP) is 8.20. The van der Waals surface area contributed by atoms with Gasteiger partial charge < -0.3 is 24.1 Å². The van der Waals surface area contributed by atoms with E-state index in [1.54, 1.807) is 12.1 Å². The standard InChI is InChI=1S/C39H61ClO7S/c1-8-25(2)21-37-30(7)34(24-48(42,43)33-13-9-26(3)10-14-33)38(47-37)23-35(41)28(5)19-27(4)20-31(40)11-15-36-29(6)22-32(46-36)12-16-39-44-17-18-45-39/h9-10,13-14,25,27,30-32,34-39,41H,5-6,8,11-12,15-24H2,1-4,7H3/t25-,27+,30-,31+,32+,34-,35-,36+,37-,38+/m1/s1. The van der Waals surface area contributed by atoms with E-state index in [1.165, 1.54) is 0 Å². The van der Waals surface area contributed by atoms with Gasteiger partial charge in [-0.15, -0.1) is 11.6 Å². The number of benzene rings is 1. The second-order valence-corrected chi connectivity index (χ2v) is 17.7. The monoisotopic (exact) mass is 708 g/mol. The van der Waals surface area contributed by atoms with Crippen LogP contribution in [0, 0.1) is 30.6 Å². The van der Waals surface area contributed by atoms with E-state index in [0.29, 0.717) is 36.9 Å². The number of hydrogen-bond donors (Lipinski definition) is 1. The number of sulfone groups is 1. The van der Waals surface area contributed by atoms with Gasteiger partial charge in [0.2, 0.25) is 0 Å². The first-order chi connectivity index (χ1) is 22.7. The number of aliphatic hydroxyl groups excluding tert-OH is 1. The average molecular weight is 709 g/mol. The zero-order valence-electron chi connectivity index (χ0n) is 29.9. The van der Waals surface area contributed by atoms with Gasteiger partial charge in [-0.3, -0.25) is 0 Å². The molecule has 0 radical (unpaired) electrons. The van der Waals surface area contributed by atoms with Gasteiger partial charge in [-0.05, 0) is 92.9 Å². The SMILES string of the molecule is C=C(C[C@H](C)C[C@@H](Cl)CC[C@@H]1O[C@@H](CCC2OCCO2)CC1=C)[C@H](O)C[C@@H]1O[C@H](C[C@H](C)CC)[C@H](C)[C@H]1CS(=O)(=O)c1ccc(C)cc1. The van der Waals surface area contributed by atoms with Crippen LogP contribution < -0.4 is 0 Å². The van der Waals surface area contributed by atoms with Crippen molar-refractivity contribution < 1.29 is 32.5 Å². The maximum Gasteiger partial charge on any atom is 0.178 e. The zero-order chi connectivity index (χ0) is 35.0. The summed E-state index contributed by atoms with van der Waals surface area (Å²) in [4.78, 5) is 0.340. The fourth-order valence-corrected chi connectivity index (χ4v) is 9.76. The van der Waals surface area contributed by atoms with Crippen LogP contribution >= 0.6 is 11.6 Å². The summed E-state index contributed by atoms with van der Waals surface area (Å²) in [5.41, 5.74) is 2.91. The molecular weight excluding hydrogens is 648 g/mol. The van der Waals surface area contributed by atoms with Crippen molar-refractivity contribution in [3.8, 4) is 0 Å². The van der Waals surface area contributed by atoms with Crippen molar-refractivity contribution >= 4 is 21.4 Å². The van der Waals surface area contributed by atoms with Gasteiger partial charge in [-0.1, -0.05) is 65.0 Å². The molecule has 272 valence electrons. The minimum absolute atomic E-state index is 0.00363. The smallest absolute Gasteiger partial charge is 0.178 e. The molecule has 0 aliphatic carbocycles. The number of alkyl halides is 1. The first-order valence-electron chi connectivity index (χ1n) is 18.3. The van der Waals surface area contributed by atoms with Crippen LogP contribution in [0.4, 0.5) is 0 Å². The highest BCUT2D eigenvalue weighted by Gasteiger charge is 2.45. The van der Waals surface area contributed by atoms with Crippen LogP contribution in [-0.2, 0) is 28.8 Å². The molecular formula is C39H61ClO7S. The lowest BCUT2D eigenvalue weighted by molar-refractivity contribution is -0.0586. The van der Waals surface area contributed by atoms with Crippen molar-refractivity contribution in [2.24, 2.45) is 23.7 Å². The van der Waals surface area contributed by atoms with Crippen molar-refractivity contribution in [2.45, 2.75) is 146 Å². The molecule has 0 spiro atoms. The Kier molecular flexibility index (Phi) is 15.1. The highest BCUT2D eigenvalue weighted by atomic mass is 35.5. The third-order valence-corrected chi connectivity index (χ3v) is 13.1. The lowest BCUT2D eigenvalue weighted by atomic mass is 9.84. The second-order valence-electron chi connectivity index (χ2n) is 15.1. The molecule has 3 heterocycles. The lowest BCUT2D eigenvalue weighted by Gasteiger charge is -2.25. The number of ether oxygens (including phenoxy) is 4. The average Bonchev–Trinajstić information content (AvgIpc) is 3.75. The van der Waals surface area contributed by atoms with E-state index in [2.05, 4.69) is 40.9 Å². The molecule has 3 saturated heterocycles. The Morgan fingerprint density at radius 2 is 1.71 bits per heavy atom. The Morgan fingerprint density at radius 3 is 2.38 bits per heavy atom. The first-order valence-corrected chi connectivity index (χ1v) is 20.4. The fraction of sp³-hybridized carbons (Fsp3) is 0.744. The third kappa shape index (κ3) is 11.4. The van der Waals surface area contributed by atoms with Crippen molar-refractivity contribution in [1.29, 1.82) is 0 Å². The zero-order valence-corrected chi connectivity index (χ0v) is 31.5. The van der Waals surface area contributed by atoms with E-state index in [4.69, 9.17) is 30.5 Å². The van der Waals surface area contributed by atoms with E-state index >= 15 is 0 Å². The maximum atomic E-state index is 13.5. The van der Waals surface area contributed by atoms with Crippen LogP contribution in [-0.4, -0.2) is 74.7 Å². The molecule has 7 nitrogen and oxygen atoms in total. The van der Waals surface area contributed by atoms with E-state index in [-0.39, 0.29) is 59.6 Å². The summed E-state index contributed by atoms with van der Waals surface area (Å²) in [5.74, 6) is 0.561. The van der Waals surface area contributed by atoms with Crippen molar-refractivity contribution in [2.75, 3.05) is 19.0 Å². The molecule has 1 N–H and O–H groups in total. The van der Waals surface area contributed by atoms with Crippen molar-refractivity contribution in [3.63, 3.8) is 0 Å². The van der Waals surface area contributed by atoms with Gasteiger partial charge in [0.1, 0.15) is 0 Å². The highest BCUT2D eigenvalue weighted by Crippen LogP contribution is 2.41. The van der Waals surface area contributed by atoms with Crippen LogP contribution in [0.5, 0.6) is 0 Å². The van der Waals surface area contributed by atoms with Crippen LogP contribution in [0.15, 0.2) is 53.5 Å². The van der Waals surface area contributed by atoms with Gasteiger partial charge in [0.05, 0.1) is 54.4 Å². The molecule has 3 fully saturated rings. The van der Waals surface area contributed by atoms with E-state index in [9.17, 15) is 13.5 Å². The third-order valence-electron chi connectivity index (χ3n) is 10.9.